The van der Waals surface area contributed by atoms with Gasteiger partial charge in [0.25, 0.3) is 5.91 Å². The van der Waals surface area contributed by atoms with Gasteiger partial charge in [0.15, 0.2) is 5.11 Å². The smallest absolute Gasteiger partial charge is 0.251 e. The number of thiocarbonyl (C=S) groups is 1. The van der Waals surface area contributed by atoms with Crippen LogP contribution >= 0.6 is 28.1 Å². The van der Waals surface area contributed by atoms with Crippen LogP contribution < -0.4 is 16.0 Å². The van der Waals surface area contributed by atoms with E-state index in [1.165, 1.54) is 6.07 Å². The van der Waals surface area contributed by atoms with Crippen LogP contribution in [0.25, 0.3) is 0 Å². The lowest BCUT2D eigenvalue weighted by Crippen LogP contribution is -2.39. The SMILES string of the molecule is N=C(c1ccc(NC(=O)[C@@H](NC(=S)Nc2ccc(Br)cc2F)c2ccccc2)cc1)N1CCCC1. The number of nitrogens with zero attached hydrogens (tertiary/aromatic N) is 1. The zero-order chi connectivity index (χ0) is 24.8. The van der Waals surface area contributed by atoms with Crippen LogP contribution in [0.2, 0.25) is 0 Å². The first-order valence-corrected chi connectivity index (χ1v) is 12.4. The number of hydrogen-bond acceptors (Lipinski definition) is 3. The molecule has 35 heavy (non-hydrogen) atoms. The molecule has 0 saturated carbocycles. The van der Waals surface area contributed by atoms with Crippen molar-refractivity contribution in [2.24, 2.45) is 0 Å². The largest absolute Gasteiger partial charge is 0.357 e. The number of likely N-dealkylation sites (tertiary alicyclic amines) is 1. The van der Waals surface area contributed by atoms with Crippen molar-refractivity contribution < 1.29 is 9.18 Å². The molecule has 1 fully saturated rings. The van der Waals surface area contributed by atoms with Gasteiger partial charge in [0.2, 0.25) is 0 Å². The van der Waals surface area contributed by atoms with Gasteiger partial charge >= 0.3 is 0 Å². The van der Waals surface area contributed by atoms with Crippen molar-refractivity contribution >= 4 is 56.4 Å². The Hall–Kier alpha value is -3.30. The van der Waals surface area contributed by atoms with E-state index in [-0.39, 0.29) is 16.7 Å². The van der Waals surface area contributed by atoms with Crippen LogP contribution in [-0.4, -0.2) is 34.8 Å². The Labute approximate surface area is 217 Å². The fraction of sp³-hybridized carbons (Fsp3) is 0.192. The van der Waals surface area contributed by atoms with E-state index in [1.807, 2.05) is 42.5 Å². The van der Waals surface area contributed by atoms with Crippen LogP contribution in [0.15, 0.2) is 77.3 Å². The van der Waals surface area contributed by atoms with E-state index < -0.39 is 11.9 Å². The molecule has 6 nitrogen and oxygen atoms in total. The molecule has 4 N–H and O–H groups in total. The van der Waals surface area contributed by atoms with Crippen molar-refractivity contribution in [1.82, 2.24) is 10.2 Å². The van der Waals surface area contributed by atoms with Gasteiger partial charge in [-0.25, -0.2) is 4.39 Å². The molecule has 1 amide bonds. The molecule has 1 aliphatic rings. The summed E-state index contributed by atoms with van der Waals surface area (Å²) in [5, 5.41) is 17.2. The molecular weight excluding hydrogens is 529 g/mol. The van der Waals surface area contributed by atoms with Crippen LogP contribution in [0.3, 0.4) is 0 Å². The predicted molar refractivity (Wildman–Crippen MR) is 145 cm³/mol. The monoisotopic (exact) mass is 553 g/mol. The Kier molecular flexibility index (Phi) is 8.09. The van der Waals surface area contributed by atoms with Crippen LogP contribution in [0.5, 0.6) is 0 Å². The molecule has 3 aromatic carbocycles. The molecule has 1 saturated heterocycles. The summed E-state index contributed by atoms with van der Waals surface area (Å²) in [5.74, 6) is -0.288. The van der Waals surface area contributed by atoms with Crippen molar-refractivity contribution in [1.29, 1.82) is 5.41 Å². The fourth-order valence-corrected chi connectivity index (χ4v) is 4.44. The number of benzene rings is 3. The number of anilines is 2. The average Bonchev–Trinajstić information content (AvgIpc) is 3.40. The lowest BCUT2D eigenvalue weighted by atomic mass is 10.1. The first-order chi connectivity index (χ1) is 16.9. The van der Waals surface area contributed by atoms with E-state index in [4.69, 9.17) is 17.6 Å². The standard InChI is InChI=1S/C26H25BrFN5OS/c27-19-10-13-22(21(28)16-19)31-26(35)32-23(17-6-2-1-3-7-17)25(34)30-20-11-8-18(9-12-20)24(29)33-14-4-5-15-33/h1-3,6-13,16,23,29H,4-5,14-15H2,(H,30,34)(H2,31,32,35)/t23-/m0/s1. The van der Waals surface area contributed by atoms with Crippen molar-refractivity contribution in [3.63, 3.8) is 0 Å². The number of amidine groups is 1. The average molecular weight is 554 g/mol. The van der Waals surface area contributed by atoms with Gasteiger partial charge in [-0.3, -0.25) is 10.2 Å². The maximum atomic E-state index is 14.2. The topological polar surface area (TPSA) is 80.2 Å². The first-order valence-electron chi connectivity index (χ1n) is 11.2. The Bertz CT molecular complexity index is 1220. The number of nitrogens with one attached hydrogen (secondary N) is 4. The normalized spacial score (nSPS) is 13.7. The number of carbonyl (C=O) groups is 1. The van der Waals surface area contributed by atoms with E-state index in [1.54, 1.807) is 24.3 Å². The molecule has 0 unspecified atom stereocenters. The Morgan fingerprint density at radius 3 is 2.34 bits per heavy atom. The maximum absolute atomic E-state index is 14.2. The minimum absolute atomic E-state index is 0.115. The number of halogens is 2. The first kappa shape index (κ1) is 24.8. The quantitative estimate of drug-likeness (QED) is 0.179. The van der Waals surface area contributed by atoms with Crippen molar-refractivity contribution in [3.05, 3.63) is 94.2 Å². The van der Waals surface area contributed by atoms with Gasteiger partial charge in [-0.2, -0.15) is 0 Å². The van der Waals surface area contributed by atoms with Gasteiger partial charge < -0.3 is 20.9 Å². The molecule has 1 aliphatic heterocycles. The highest BCUT2D eigenvalue weighted by molar-refractivity contribution is 9.10. The minimum Gasteiger partial charge on any atom is -0.357 e. The summed E-state index contributed by atoms with van der Waals surface area (Å²) in [4.78, 5) is 15.3. The van der Waals surface area contributed by atoms with Gasteiger partial charge in [-0.15, -0.1) is 0 Å². The summed E-state index contributed by atoms with van der Waals surface area (Å²) < 4.78 is 14.8. The second-order valence-corrected chi connectivity index (χ2v) is 9.50. The highest BCUT2D eigenvalue weighted by atomic mass is 79.9. The molecule has 1 atom stereocenters. The van der Waals surface area contributed by atoms with E-state index in [9.17, 15) is 9.18 Å². The second kappa shape index (κ2) is 11.4. The third-order valence-corrected chi connectivity index (χ3v) is 6.41. The molecule has 9 heteroatoms. The molecule has 1 heterocycles. The van der Waals surface area contributed by atoms with E-state index in [0.29, 0.717) is 21.6 Å². The van der Waals surface area contributed by atoms with Gasteiger partial charge in [0.1, 0.15) is 17.7 Å². The number of hydrogen-bond donors (Lipinski definition) is 4. The Morgan fingerprint density at radius 2 is 1.69 bits per heavy atom. The van der Waals surface area contributed by atoms with Crippen LogP contribution in [0, 0.1) is 11.2 Å². The molecule has 0 bridgehead atoms. The number of rotatable bonds is 6. The Morgan fingerprint density at radius 1 is 1.00 bits per heavy atom. The second-order valence-electron chi connectivity index (χ2n) is 8.18. The van der Waals surface area contributed by atoms with Gasteiger partial charge in [0.05, 0.1) is 5.69 Å². The third kappa shape index (κ3) is 6.43. The molecule has 4 rings (SSSR count). The molecule has 3 aromatic rings. The van der Waals surface area contributed by atoms with E-state index >= 15 is 0 Å². The molecule has 0 radical (unpaired) electrons. The van der Waals surface area contributed by atoms with Crippen LogP contribution in [-0.2, 0) is 4.79 Å². The van der Waals surface area contributed by atoms with E-state index in [0.717, 1.165) is 31.5 Å². The lowest BCUT2D eigenvalue weighted by Gasteiger charge is -2.21. The summed E-state index contributed by atoms with van der Waals surface area (Å²) in [5.41, 5.74) is 2.32. The summed E-state index contributed by atoms with van der Waals surface area (Å²) >= 11 is 8.61. The summed E-state index contributed by atoms with van der Waals surface area (Å²) in [6.07, 6.45) is 2.21. The zero-order valence-electron chi connectivity index (χ0n) is 18.9. The predicted octanol–water partition coefficient (Wildman–Crippen LogP) is 5.68. The summed E-state index contributed by atoms with van der Waals surface area (Å²) in [7, 11) is 0. The molecule has 0 aliphatic carbocycles. The Balaban J connectivity index is 1.46. The van der Waals surface area contributed by atoms with Crippen molar-refractivity contribution in [3.8, 4) is 0 Å². The molecule has 0 spiro atoms. The van der Waals surface area contributed by atoms with Crippen LogP contribution in [0.4, 0.5) is 15.8 Å². The number of amides is 1. The van der Waals surface area contributed by atoms with Crippen LogP contribution in [0.1, 0.15) is 30.0 Å². The summed E-state index contributed by atoms with van der Waals surface area (Å²) in [6.45, 7) is 1.81. The highest BCUT2D eigenvalue weighted by Gasteiger charge is 2.22. The summed E-state index contributed by atoms with van der Waals surface area (Å²) in [6, 6.07) is 20.2. The third-order valence-electron chi connectivity index (χ3n) is 5.70. The van der Waals surface area contributed by atoms with Crippen molar-refractivity contribution in [2.75, 3.05) is 23.7 Å². The van der Waals surface area contributed by atoms with Gasteiger partial charge in [-0.05, 0) is 73.1 Å². The molecule has 0 aromatic heterocycles. The molecule has 180 valence electrons. The fourth-order valence-electron chi connectivity index (χ4n) is 3.88. The zero-order valence-corrected chi connectivity index (χ0v) is 21.3. The van der Waals surface area contributed by atoms with Crippen molar-refractivity contribution in [2.45, 2.75) is 18.9 Å². The minimum atomic E-state index is -0.808. The van der Waals surface area contributed by atoms with E-state index in [2.05, 4.69) is 36.8 Å². The van der Waals surface area contributed by atoms with Gasteiger partial charge in [-0.1, -0.05) is 46.3 Å². The highest BCUT2D eigenvalue weighted by Crippen LogP contribution is 2.21. The lowest BCUT2D eigenvalue weighted by molar-refractivity contribution is -0.117. The van der Waals surface area contributed by atoms with Gasteiger partial charge in [0, 0.05) is 28.8 Å². The number of carbonyl (C=O) groups excluding carboxylic acids is 1. The maximum Gasteiger partial charge on any atom is 0.251 e. The molecular formula is C26H25BrFN5OS.